The van der Waals surface area contributed by atoms with Crippen LogP contribution in [0, 0.1) is 23.3 Å². The minimum absolute atomic E-state index is 0.115. The summed E-state index contributed by atoms with van der Waals surface area (Å²) in [7, 11) is 0. The first-order chi connectivity index (χ1) is 15.7. The lowest BCUT2D eigenvalue weighted by atomic mass is 9.92. The van der Waals surface area contributed by atoms with Gasteiger partial charge < -0.3 is 4.90 Å². The van der Waals surface area contributed by atoms with Crippen molar-refractivity contribution in [1.82, 2.24) is 24.6 Å². The summed E-state index contributed by atoms with van der Waals surface area (Å²) in [5.74, 6) is 5.74. The Morgan fingerprint density at radius 1 is 1.06 bits per heavy atom. The van der Waals surface area contributed by atoms with Crippen LogP contribution in [0.25, 0.3) is 16.7 Å². The first kappa shape index (κ1) is 21.1. The molecule has 4 aromatic rings. The molecule has 0 atom stereocenters. The Kier molecular flexibility index (Phi) is 4.74. The van der Waals surface area contributed by atoms with Crippen molar-refractivity contribution in [2.45, 2.75) is 32.9 Å². The molecule has 10 heteroatoms. The highest BCUT2D eigenvalue weighted by atomic mass is 19.4. The molecule has 1 aliphatic heterocycles. The van der Waals surface area contributed by atoms with E-state index in [0.29, 0.717) is 40.9 Å². The van der Waals surface area contributed by atoms with Crippen LogP contribution in [-0.4, -0.2) is 37.3 Å². The van der Waals surface area contributed by atoms with Crippen LogP contribution in [0.2, 0.25) is 0 Å². The number of alkyl halides is 3. The summed E-state index contributed by atoms with van der Waals surface area (Å²) in [6, 6.07) is 7.19. The van der Waals surface area contributed by atoms with Gasteiger partial charge in [-0.2, -0.15) is 22.5 Å². The molecule has 3 aromatic heterocycles. The Bertz CT molecular complexity index is 1440. The average molecular weight is 454 g/mol. The van der Waals surface area contributed by atoms with E-state index >= 15 is 0 Å². The first-order valence-electron chi connectivity index (χ1n) is 10.3. The van der Waals surface area contributed by atoms with Crippen molar-refractivity contribution in [2.75, 3.05) is 11.4 Å². The third-order valence-corrected chi connectivity index (χ3v) is 5.81. The molecule has 1 aliphatic rings. The van der Waals surface area contributed by atoms with Gasteiger partial charge >= 0.3 is 12.3 Å². The molecular formula is C23H18F4N6. The Morgan fingerprint density at radius 2 is 1.85 bits per heavy atom. The van der Waals surface area contributed by atoms with Crippen molar-refractivity contribution in [1.29, 1.82) is 0 Å². The van der Waals surface area contributed by atoms with E-state index in [1.165, 1.54) is 10.6 Å². The summed E-state index contributed by atoms with van der Waals surface area (Å²) in [5, 5.41) is 8.02. The predicted molar refractivity (Wildman–Crippen MR) is 115 cm³/mol. The van der Waals surface area contributed by atoms with Crippen molar-refractivity contribution < 1.29 is 17.6 Å². The highest BCUT2D eigenvalue weighted by molar-refractivity contribution is 5.94. The quantitative estimate of drug-likeness (QED) is 0.304. The maximum absolute atomic E-state index is 14.2. The van der Waals surface area contributed by atoms with Gasteiger partial charge in [0.25, 0.3) is 5.78 Å². The van der Waals surface area contributed by atoms with Gasteiger partial charge in [-0.15, -0.1) is 5.10 Å². The van der Waals surface area contributed by atoms with E-state index < -0.39 is 17.7 Å². The highest BCUT2D eigenvalue weighted by Gasteiger charge is 2.46. The number of anilines is 2. The normalized spacial score (nSPS) is 14.3. The second-order valence-corrected chi connectivity index (χ2v) is 8.37. The molecule has 0 radical (unpaired) electrons. The zero-order chi connectivity index (χ0) is 23.4. The molecule has 168 valence electrons. The smallest absolute Gasteiger partial charge is 0.324 e. The van der Waals surface area contributed by atoms with Gasteiger partial charge in [-0.25, -0.2) is 4.40 Å². The van der Waals surface area contributed by atoms with Gasteiger partial charge in [0.05, 0.1) is 17.4 Å². The number of fused-ring (bicyclic) bond motifs is 4. The Morgan fingerprint density at radius 3 is 2.64 bits per heavy atom. The second-order valence-electron chi connectivity index (χ2n) is 8.37. The van der Waals surface area contributed by atoms with E-state index in [4.69, 9.17) is 0 Å². The maximum atomic E-state index is 14.2. The van der Waals surface area contributed by atoms with Gasteiger partial charge in [0.2, 0.25) is 0 Å². The minimum Gasteiger partial charge on any atom is -0.324 e. The Hall–Kier alpha value is -3.74. The zero-order valence-electron chi connectivity index (χ0n) is 17.8. The molecule has 0 bridgehead atoms. The Labute approximate surface area is 186 Å². The molecule has 0 N–H and O–H groups in total. The van der Waals surface area contributed by atoms with Crippen LogP contribution >= 0.6 is 0 Å². The molecule has 0 unspecified atom stereocenters. The standard InChI is InChI=1S/C23H18F4N6/c1-22(2,23(25,26)27)10-9-14-12-28-13-18-15(14)7-5-11-32(18)19-16-6-3-4-8-17(16)33-20(24)30-31-21(33)29-19/h3-4,6,8,12-13H,5,7,11H2,1-2H3. The number of rotatable bonds is 1. The topological polar surface area (TPSA) is 59.2 Å². The monoisotopic (exact) mass is 454 g/mol. The number of halogens is 4. The van der Waals surface area contributed by atoms with Gasteiger partial charge in [-0.3, -0.25) is 4.98 Å². The fraction of sp³-hybridized carbons (Fsp3) is 0.304. The number of benzene rings is 1. The molecule has 6 nitrogen and oxygen atoms in total. The molecule has 5 rings (SSSR count). The van der Waals surface area contributed by atoms with Crippen LogP contribution < -0.4 is 4.90 Å². The van der Waals surface area contributed by atoms with Crippen LogP contribution in [0.3, 0.4) is 0 Å². The van der Waals surface area contributed by atoms with Crippen molar-refractivity contribution in [3.05, 3.63) is 53.9 Å². The SMILES string of the molecule is CC(C)(C#Cc1cncc2c1CCCN2c1nc2nnc(F)n2c2ccccc12)C(F)(F)F. The number of hydrogen-bond acceptors (Lipinski definition) is 5. The summed E-state index contributed by atoms with van der Waals surface area (Å²) in [6.45, 7) is 2.71. The third kappa shape index (κ3) is 3.44. The summed E-state index contributed by atoms with van der Waals surface area (Å²) >= 11 is 0. The maximum Gasteiger partial charge on any atom is 0.404 e. The van der Waals surface area contributed by atoms with Crippen molar-refractivity contribution >= 4 is 28.2 Å². The molecule has 1 aromatic carbocycles. The molecule has 0 aliphatic carbocycles. The Balaban J connectivity index is 1.67. The number of para-hydroxylation sites is 1. The molecule has 4 heterocycles. The molecule has 0 fully saturated rings. The predicted octanol–water partition coefficient (Wildman–Crippen LogP) is 4.84. The number of aromatic nitrogens is 5. The highest BCUT2D eigenvalue weighted by Crippen LogP contribution is 2.39. The van der Waals surface area contributed by atoms with Crippen molar-refractivity contribution in [2.24, 2.45) is 5.41 Å². The molecule has 0 spiro atoms. The van der Waals surface area contributed by atoms with E-state index in [2.05, 4.69) is 32.0 Å². The number of hydrogen-bond donors (Lipinski definition) is 0. The van der Waals surface area contributed by atoms with Gasteiger partial charge in [-0.1, -0.05) is 29.1 Å². The molecular weight excluding hydrogens is 436 g/mol. The summed E-state index contributed by atoms with van der Waals surface area (Å²) in [5.41, 5.74) is 0.376. The van der Waals surface area contributed by atoms with Crippen molar-refractivity contribution in [3.63, 3.8) is 0 Å². The average Bonchev–Trinajstić information content (AvgIpc) is 3.17. The molecule has 0 saturated carbocycles. The molecule has 0 amide bonds. The lowest BCUT2D eigenvalue weighted by molar-refractivity contribution is -0.190. The minimum atomic E-state index is -4.44. The first-order valence-corrected chi connectivity index (χ1v) is 10.3. The van der Waals surface area contributed by atoms with E-state index in [1.54, 1.807) is 18.3 Å². The lowest BCUT2D eigenvalue weighted by Gasteiger charge is -2.31. The lowest BCUT2D eigenvalue weighted by Crippen LogP contribution is -2.30. The zero-order valence-corrected chi connectivity index (χ0v) is 17.8. The van der Waals surface area contributed by atoms with E-state index in [-0.39, 0.29) is 5.78 Å². The van der Waals surface area contributed by atoms with Crippen LogP contribution in [0.1, 0.15) is 31.4 Å². The van der Waals surface area contributed by atoms with Crippen LogP contribution in [0.4, 0.5) is 29.1 Å². The fourth-order valence-corrected chi connectivity index (χ4v) is 3.88. The fourth-order valence-electron chi connectivity index (χ4n) is 3.88. The van der Waals surface area contributed by atoms with Gasteiger partial charge in [-0.05, 0) is 44.4 Å². The van der Waals surface area contributed by atoms with Gasteiger partial charge in [0.15, 0.2) is 0 Å². The summed E-state index contributed by atoms with van der Waals surface area (Å²) in [6.07, 6.45) is -0.684. The number of nitrogens with zero attached hydrogens (tertiary/aromatic N) is 6. The van der Waals surface area contributed by atoms with Gasteiger partial charge in [0.1, 0.15) is 11.2 Å². The van der Waals surface area contributed by atoms with Crippen molar-refractivity contribution in [3.8, 4) is 11.8 Å². The number of pyridine rings is 1. The summed E-state index contributed by atoms with van der Waals surface area (Å²) < 4.78 is 55.3. The largest absolute Gasteiger partial charge is 0.404 e. The molecule has 33 heavy (non-hydrogen) atoms. The second kappa shape index (κ2) is 7.40. The third-order valence-electron chi connectivity index (χ3n) is 5.81. The van der Waals surface area contributed by atoms with E-state index in [0.717, 1.165) is 25.8 Å². The van der Waals surface area contributed by atoms with Crippen LogP contribution in [-0.2, 0) is 6.42 Å². The summed E-state index contributed by atoms with van der Waals surface area (Å²) in [4.78, 5) is 10.7. The van der Waals surface area contributed by atoms with Gasteiger partial charge in [0, 0.05) is 23.7 Å². The van der Waals surface area contributed by atoms with E-state index in [9.17, 15) is 17.6 Å². The van der Waals surface area contributed by atoms with E-state index in [1.807, 2.05) is 17.0 Å². The molecule has 0 saturated heterocycles. The van der Waals surface area contributed by atoms with Crippen LogP contribution in [0.5, 0.6) is 0 Å². The van der Waals surface area contributed by atoms with Crippen LogP contribution in [0.15, 0.2) is 36.7 Å².